The van der Waals surface area contributed by atoms with E-state index >= 15 is 0 Å². The number of carbonyl (C=O) groups is 2. The number of para-hydroxylation sites is 1. The lowest BCUT2D eigenvalue weighted by atomic mass is 9.89. The molecule has 4 N–H and O–H groups in total. The Balaban J connectivity index is 1.58. The van der Waals surface area contributed by atoms with Crippen LogP contribution in [-0.2, 0) is 22.6 Å². The molecule has 0 saturated carbocycles. The molecule has 1 atom stereocenters. The number of unbranched alkanes of at least 4 members (excludes halogenated alkanes) is 1. The van der Waals surface area contributed by atoms with Crippen LogP contribution >= 0.6 is 0 Å². The highest BCUT2D eigenvalue weighted by Gasteiger charge is 2.29. The summed E-state index contributed by atoms with van der Waals surface area (Å²) >= 11 is 0. The highest BCUT2D eigenvalue weighted by Crippen LogP contribution is 2.28. The predicted molar refractivity (Wildman–Crippen MR) is 140 cm³/mol. The number of rotatable bonds is 9. The topological polar surface area (TPSA) is 130 Å². The maximum absolute atomic E-state index is 13.4. The van der Waals surface area contributed by atoms with Gasteiger partial charge in [0.05, 0.1) is 6.54 Å². The Bertz CT molecular complexity index is 1360. The molecule has 0 radical (unpaired) electrons. The number of nitrogens with zero attached hydrogens (tertiary/aromatic N) is 2. The maximum Gasteiger partial charge on any atom is 0.330 e. The minimum atomic E-state index is -0.699. The smallest absolute Gasteiger partial charge is 0.330 e. The van der Waals surface area contributed by atoms with Crippen LogP contribution < -0.4 is 27.2 Å². The lowest BCUT2D eigenvalue weighted by Crippen LogP contribution is -2.42. The molecule has 9 heteroatoms. The number of benzene rings is 2. The first kappa shape index (κ1) is 25.0. The minimum absolute atomic E-state index is 0.0255. The molecule has 1 aromatic heterocycles. The quantitative estimate of drug-likeness (QED) is 0.425. The minimum Gasteiger partial charge on any atom is -0.383 e. The van der Waals surface area contributed by atoms with Crippen molar-refractivity contribution in [1.82, 2.24) is 9.55 Å². The molecule has 0 bridgehead atoms. The molecule has 0 fully saturated rings. The number of nitrogens with one attached hydrogen (secondary N) is 2. The van der Waals surface area contributed by atoms with Gasteiger partial charge in [0.1, 0.15) is 5.82 Å². The molecule has 36 heavy (non-hydrogen) atoms. The van der Waals surface area contributed by atoms with Crippen LogP contribution in [0.5, 0.6) is 0 Å². The van der Waals surface area contributed by atoms with E-state index in [2.05, 4.69) is 10.3 Å². The zero-order chi connectivity index (χ0) is 25.7. The van der Waals surface area contributed by atoms with E-state index in [4.69, 9.17) is 5.73 Å². The summed E-state index contributed by atoms with van der Waals surface area (Å²) < 4.78 is 1.27. The summed E-state index contributed by atoms with van der Waals surface area (Å²) in [5.74, 6) is -0.825. The van der Waals surface area contributed by atoms with E-state index in [0.29, 0.717) is 19.3 Å². The molecule has 1 unspecified atom stereocenters. The largest absolute Gasteiger partial charge is 0.383 e. The van der Waals surface area contributed by atoms with Gasteiger partial charge in [-0.3, -0.25) is 23.9 Å². The summed E-state index contributed by atoms with van der Waals surface area (Å²) in [7, 11) is 0. The zero-order valence-electron chi connectivity index (χ0n) is 20.3. The lowest BCUT2D eigenvalue weighted by molar-refractivity contribution is -0.121. The van der Waals surface area contributed by atoms with Crippen LogP contribution in [0.4, 0.5) is 17.2 Å². The van der Waals surface area contributed by atoms with Crippen LogP contribution in [0.15, 0.2) is 64.2 Å². The van der Waals surface area contributed by atoms with E-state index in [1.165, 1.54) is 9.47 Å². The molecule has 4 rings (SSSR count). The molecule has 188 valence electrons. The molecule has 0 aliphatic carbocycles. The fraction of sp³-hybridized carbons (Fsp3) is 0.333. The first-order chi connectivity index (χ1) is 17.4. The number of fused-ring (bicyclic) bond motifs is 1. The summed E-state index contributed by atoms with van der Waals surface area (Å²) in [5.41, 5.74) is 7.65. The number of nitrogen functional groups attached to an aromatic ring is 1. The highest BCUT2D eigenvalue weighted by molar-refractivity contribution is 5.98. The summed E-state index contributed by atoms with van der Waals surface area (Å²) in [6.45, 7) is 2.43. The SMILES string of the molecule is CCCCN(C(=O)CCC1Cc2ccccc2NC1=O)c1c(N)n(Cc2ccccc2)c(=O)[nH]c1=O. The fourth-order valence-corrected chi connectivity index (χ4v) is 4.52. The molecule has 2 heterocycles. The number of hydrogen-bond acceptors (Lipinski definition) is 5. The zero-order valence-corrected chi connectivity index (χ0v) is 20.3. The Kier molecular flexibility index (Phi) is 7.68. The number of hydrogen-bond donors (Lipinski definition) is 3. The number of amides is 2. The molecule has 2 aromatic carbocycles. The van der Waals surface area contributed by atoms with Crippen LogP contribution in [0.1, 0.15) is 43.7 Å². The second-order valence-electron chi connectivity index (χ2n) is 9.05. The number of carbonyl (C=O) groups excluding carboxylic acids is 2. The van der Waals surface area contributed by atoms with Gasteiger partial charge in [0.25, 0.3) is 5.56 Å². The number of aromatic nitrogens is 2. The fourth-order valence-electron chi connectivity index (χ4n) is 4.52. The average molecular weight is 490 g/mol. The predicted octanol–water partition coefficient (Wildman–Crippen LogP) is 2.89. The monoisotopic (exact) mass is 489 g/mol. The number of H-pyrrole nitrogens is 1. The molecule has 2 amide bonds. The van der Waals surface area contributed by atoms with Crippen molar-refractivity contribution in [1.29, 1.82) is 0 Å². The van der Waals surface area contributed by atoms with Crippen molar-refractivity contribution in [3.8, 4) is 0 Å². The molecule has 0 saturated heterocycles. The van der Waals surface area contributed by atoms with Gasteiger partial charge in [-0.1, -0.05) is 61.9 Å². The van der Waals surface area contributed by atoms with E-state index in [0.717, 1.165) is 23.2 Å². The standard InChI is InChI=1S/C27H31N5O4/c1-2-3-15-31(22(33)14-13-20-16-19-11-7-8-12-21(19)29-25(20)34)23-24(28)32(27(36)30-26(23)35)17-18-9-5-4-6-10-18/h4-12,20H,2-3,13-17,28H2,1H3,(H,29,34)(H,30,35,36). The van der Waals surface area contributed by atoms with Crippen LogP contribution in [0.2, 0.25) is 0 Å². The van der Waals surface area contributed by atoms with E-state index < -0.39 is 11.2 Å². The van der Waals surface area contributed by atoms with Crippen molar-refractivity contribution in [2.24, 2.45) is 5.92 Å². The second-order valence-corrected chi connectivity index (χ2v) is 9.05. The van der Waals surface area contributed by atoms with Gasteiger partial charge in [-0.2, -0.15) is 0 Å². The maximum atomic E-state index is 13.4. The summed E-state index contributed by atoms with van der Waals surface area (Å²) in [5, 5.41) is 2.91. The van der Waals surface area contributed by atoms with Gasteiger partial charge in [0.15, 0.2) is 5.69 Å². The summed E-state index contributed by atoms with van der Waals surface area (Å²) in [6.07, 6.45) is 2.41. The summed E-state index contributed by atoms with van der Waals surface area (Å²) in [4.78, 5) is 55.1. The van der Waals surface area contributed by atoms with Gasteiger partial charge in [0.2, 0.25) is 11.8 Å². The third-order valence-electron chi connectivity index (χ3n) is 6.52. The number of aromatic amines is 1. The average Bonchev–Trinajstić information content (AvgIpc) is 2.87. The van der Waals surface area contributed by atoms with Crippen LogP contribution in [0.3, 0.4) is 0 Å². The van der Waals surface area contributed by atoms with E-state index in [9.17, 15) is 19.2 Å². The Morgan fingerprint density at radius 1 is 1.08 bits per heavy atom. The van der Waals surface area contributed by atoms with Crippen LogP contribution in [0.25, 0.3) is 0 Å². The third-order valence-corrected chi connectivity index (χ3v) is 6.52. The molecule has 1 aliphatic rings. The van der Waals surface area contributed by atoms with Gasteiger partial charge in [-0.15, -0.1) is 0 Å². The van der Waals surface area contributed by atoms with Crippen LogP contribution in [0, 0.1) is 5.92 Å². The molecular formula is C27H31N5O4. The Morgan fingerprint density at radius 2 is 1.81 bits per heavy atom. The van der Waals surface area contributed by atoms with Crippen molar-refractivity contribution < 1.29 is 9.59 Å². The Labute approximate surface area is 208 Å². The number of anilines is 3. The van der Waals surface area contributed by atoms with Crippen molar-refractivity contribution >= 4 is 29.0 Å². The van der Waals surface area contributed by atoms with Crippen molar-refractivity contribution in [3.05, 3.63) is 86.6 Å². The van der Waals surface area contributed by atoms with Gasteiger partial charge >= 0.3 is 5.69 Å². The lowest BCUT2D eigenvalue weighted by Gasteiger charge is -2.27. The first-order valence-electron chi connectivity index (χ1n) is 12.2. The highest BCUT2D eigenvalue weighted by atomic mass is 16.2. The van der Waals surface area contributed by atoms with Gasteiger partial charge in [0, 0.05) is 24.6 Å². The Morgan fingerprint density at radius 3 is 2.56 bits per heavy atom. The molecule has 0 spiro atoms. The Hall–Kier alpha value is -4.14. The number of nitrogens with two attached hydrogens (primary N) is 1. The van der Waals surface area contributed by atoms with Gasteiger partial charge < -0.3 is 16.0 Å². The normalized spacial score (nSPS) is 14.7. The van der Waals surface area contributed by atoms with Crippen molar-refractivity contribution in [3.63, 3.8) is 0 Å². The van der Waals surface area contributed by atoms with Gasteiger partial charge in [-0.25, -0.2) is 4.79 Å². The van der Waals surface area contributed by atoms with E-state index in [1.807, 2.05) is 61.5 Å². The molecule has 3 aromatic rings. The summed E-state index contributed by atoms with van der Waals surface area (Å²) in [6, 6.07) is 16.9. The molecular weight excluding hydrogens is 458 g/mol. The van der Waals surface area contributed by atoms with Crippen LogP contribution in [-0.4, -0.2) is 27.9 Å². The second kappa shape index (κ2) is 11.1. The van der Waals surface area contributed by atoms with E-state index in [-0.39, 0.29) is 48.7 Å². The first-order valence-corrected chi connectivity index (χ1v) is 12.2. The van der Waals surface area contributed by atoms with Crippen molar-refractivity contribution in [2.45, 2.75) is 45.6 Å². The molecule has 9 nitrogen and oxygen atoms in total. The van der Waals surface area contributed by atoms with E-state index in [1.54, 1.807) is 0 Å². The van der Waals surface area contributed by atoms with Crippen molar-refractivity contribution in [2.75, 3.05) is 22.5 Å². The third kappa shape index (κ3) is 5.40. The van der Waals surface area contributed by atoms with Gasteiger partial charge in [-0.05, 0) is 36.5 Å². The molecule has 1 aliphatic heterocycles.